The number of hydrogen-bond acceptors (Lipinski definition) is 6. The summed E-state index contributed by atoms with van der Waals surface area (Å²) in [4.78, 5) is 27.1. The lowest BCUT2D eigenvalue weighted by Gasteiger charge is -2.51. The van der Waals surface area contributed by atoms with Crippen LogP contribution in [0.5, 0.6) is 0 Å². The molecule has 3 N–H and O–H groups in total. The zero-order chi connectivity index (χ0) is 18.0. The van der Waals surface area contributed by atoms with E-state index in [1.54, 1.807) is 12.4 Å². The Morgan fingerprint density at radius 3 is 2.62 bits per heavy atom. The summed E-state index contributed by atoms with van der Waals surface area (Å²) in [6.45, 7) is 0. The molecule has 1 amide bonds. The predicted molar refractivity (Wildman–Crippen MR) is 94.1 cm³/mol. The molecule has 0 saturated heterocycles. The fourth-order valence-electron chi connectivity index (χ4n) is 4.18. The Balaban J connectivity index is 1.23. The van der Waals surface area contributed by atoms with Crippen LogP contribution >= 0.6 is 0 Å². The van der Waals surface area contributed by atoms with Crippen LogP contribution in [-0.4, -0.2) is 37.9 Å². The minimum Gasteiger partial charge on any atom is -0.366 e. The summed E-state index contributed by atoms with van der Waals surface area (Å²) in [6.07, 6.45) is 12.7. The number of nitriles is 1. The van der Waals surface area contributed by atoms with Gasteiger partial charge in [0.1, 0.15) is 17.6 Å². The van der Waals surface area contributed by atoms with E-state index in [4.69, 9.17) is 5.26 Å². The molecule has 0 bridgehead atoms. The highest BCUT2D eigenvalue weighted by atomic mass is 16.1. The number of nitrogens with one attached hydrogen (secondary N) is 3. The molecular weight excluding hydrogens is 330 g/mol. The van der Waals surface area contributed by atoms with E-state index < -0.39 is 0 Å². The molecule has 2 aromatic heterocycles. The van der Waals surface area contributed by atoms with E-state index in [0.29, 0.717) is 22.8 Å². The van der Waals surface area contributed by atoms with E-state index in [1.165, 1.54) is 12.5 Å². The van der Waals surface area contributed by atoms with Crippen molar-refractivity contribution in [3.8, 4) is 6.07 Å². The summed E-state index contributed by atoms with van der Waals surface area (Å²) >= 11 is 0. The molecular formula is C18H21N7O. The van der Waals surface area contributed by atoms with Crippen LogP contribution in [0, 0.1) is 16.7 Å². The Hall–Kier alpha value is -2.95. The lowest BCUT2D eigenvalue weighted by atomic mass is 9.57. The third-order valence-corrected chi connectivity index (χ3v) is 5.60. The summed E-state index contributed by atoms with van der Waals surface area (Å²) in [6, 6.07) is 2.63. The van der Waals surface area contributed by atoms with Crippen molar-refractivity contribution < 1.29 is 4.79 Å². The second-order valence-electron chi connectivity index (χ2n) is 7.36. The van der Waals surface area contributed by atoms with Gasteiger partial charge in [-0.15, -0.1) is 0 Å². The topological polar surface area (TPSA) is 119 Å². The van der Waals surface area contributed by atoms with E-state index in [2.05, 4.69) is 30.6 Å². The molecule has 0 atom stereocenters. The highest BCUT2D eigenvalue weighted by Crippen LogP contribution is 2.52. The second-order valence-corrected chi connectivity index (χ2v) is 7.36. The van der Waals surface area contributed by atoms with Gasteiger partial charge in [-0.2, -0.15) is 5.26 Å². The third-order valence-electron chi connectivity index (χ3n) is 5.60. The number of aromatic nitrogens is 4. The zero-order valence-electron chi connectivity index (χ0n) is 14.4. The van der Waals surface area contributed by atoms with Crippen LogP contribution in [0.4, 0.5) is 5.82 Å². The summed E-state index contributed by atoms with van der Waals surface area (Å²) in [5.41, 5.74) is 1.24. The van der Waals surface area contributed by atoms with Crippen molar-refractivity contribution in [2.75, 3.05) is 5.32 Å². The van der Waals surface area contributed by atoms with Crippen LogP contribution in [0.25, 0.3) is 0 Å². The first-order valence-corrected chi connectivity index (χ1v) is 8.94. The summed E-state index contributed by atoms with van der Waals surface area (Å²) in [7, 11) is 0. The number of aromatic amines is 1. The van der Waals surface area contributed by atoms with Gasteiger partial charge in [0, 0.05) is 12.1 Å². The lowest BCUT2D eigenvalue weighted by molar-refractivity contribution is 0.0492. The first kappa shape index (κ1) is 16.5. The van der Waals surface area contributed by atoms with Crippen molar-refractivity contribution >= 4 is 11.7 Å². The highest BCUT2D eigenvalue weighted by Gasteiger charge is 2.46. The number of imidazole rings is 1. The van der Waals surface area contributed by atoms with Gasteiger partial charge >= 0.3 is 0 Å². The van der Waals surface area contributed by atoms with Gasteiger partial charge in [0.05, 0.1) is 24.9 Å². The molecule has 0 aliphatic heterocycles. The van der Waals surface area contributed by atoms with Crippen LogP contribution in [0.1, 0.15) is 54.7 Å². The fraction of sp³-hybridized carbons (Fsp3) is 0.500. The number of amides is 1. The lowest BCUT2D eigenvalue weighted by Crippen LogP contribution is -2.50. The van der Waals surface area contributed by atoms with Gasteiger partial charge in [-0.05, 0) is 43.9 Å². The van der Waals surface area contributed by atoms with Gasteiger partial charge in [0.15, 0.2) is 5.69 Å². The largest absolute Gasteiger partial charge is 0.366 e. The first-order chi connectivity index (χ1) is 12.7. The van der Waals surface area contributed by atoms with Gasteiger partial charge < -0.3 is 15.6 Å². The van der Waals surface area contributed by atoms with Crippen LogP contribution in [-0.2, 0) is 0 Å². The smallest absolute Gasteiger partial charge is 0.269 e. The van der Waals surface area contributed by atoms with Gasteiger partial charge in [0.25, 0.3) is 5.91 Å². The molecule has 2 aromatic rings. The Bertz CT molecular complexity index is 793. The molecule has 2 heterocycles. The number of carbonyl (C=O) groups excluding carboxylic acids is 1. The molecule has 26 heavy (non-hydrogen) atoms. The van der Waals surface area contributed by atoms with Crippen LogP contribution in [0.3, 0.4) is 0 Å². The van der Waals surface area contributed by atoms with E-state index in [1.807, 2.05) is 6.07 Å². The Morgan fingerprint density at radius 2 is 2.00 bits per heavy atom. The third kappa shape index (κ3) is 3.38. The van der Waals surface area contributed by atoms with Crippen LogP contribution in [0.2, 0.25) is 0 Å². The molecule has 4 rings (SSSR count). The Kier molecular flexibility index (Phi) is 4.29. The maximum absolute atomic E-state index is 12.1. The predicted octanol–water partition coefficient (Wildman–Crippen LogP) is 2.00. The molecule has 0 aromatic carbocycles. The van der Waals surface area contributed by atoms with Gasteiger partial charge in [-0.25, -0.2) is 15.0 Å². The second kappa shape index (κ2) is 6.75. The van der Waals surface area contributed by atoms with E-state index >= 15 is 0 Å². The van der Waals surface area contributed by atoms with Gasteiger partial charge in [-0.3, -0.25) is 4.79 Å². The Morgan fingerprint density at radius 1 is 1.19 bits per heavy atom. The minimum absolute atomic E-state index is 0.0732. The maximum Gasteiger partial charge on any atom is 0.269 e. The average Bonchev–Trinajstić information content (AvgIpc) is 3.17. The Labute approximate surface area is 151 Å². The minimum atomic E-state index is -0.0732. The SMILES string of the molecule is N#Cc1cnc(NC2CC3(CCC(NC(=O)c4cnc[nH]4)CC3)C2)cn1. The molecule has 2 aliphatic rings. The number of anilines is 1. The summed E-state index contributed by atoms with van der Waals surface area (Å²) in [5, 5.41) is 15.3. The number of carbonyl (C=O) groups is 1. The number of rotatable bonds is 4. The normalized spacial score (nSPS) is 27.3. The van der Waals surface area contributed by atoms with Crippen molar-refractivity contribution in [3.05, 3.63) is 36.3 Å². The van der Waals surface area contributed by atoms with Crippen LogP contribution < -0.4 is 10.6 Å². The van der Waals surface area contributed by atoms with Crippen LogP contribution in [0.15, 0.2) is 24.9 Å². The summed E-state index contributed by atoms with van der Waals surface area (Å²) in [5.74, 6) is 0.653. The van der Waals surface area contributed by atoms with Crippen molar-refractivity contribution in [1.29, 1.82) is 5.26 Å². The van der Waals surface area contributed by atoms with Crippen molar-refractivity contribution in [2.45, 2.75) is 50.6 Å². The maximum atomic E-state index is 12.1. The monoisotopic (exact) mass is 351 g/mol. The van der Waals surface area contributed by atoms with Crippen molar-refractivity contribution in [2.24, 2.45) is 5.41 Å². The number of hydrogen-bond donors (Lipinski definition) is 3. The molecule has 8 heteroatoms. The zero-order valence-corrected chi connectivity index (χ0v) is 14.4. The molecule has 1 spiro atoms. The van der Waals surface area contributed by atoms with Gasteiger partial charge in [-0.1, -0.05) is 0 Å². The molecule has 0 unspecified atom stereocenters. The van der Waals surface area contributed by atoms with Crippen molar-refractivity contribution in [3.63, 3.8) is 0 Å². The molecule has 2 fully saturated rings. The van der Waals surface area contributed by atoms with E-state index in [-0.39, 0.29) is 11.9 Å². The quantitative estimate of drug-likeness (QED) is 0.775. The standard InChI is InChI=1S/C18H21N7O/c19-7-14-8-22-16(10-21-14)24-13-5-18(6-13)3-1-12(2-4-18)25-17(26)15-9-20-11-23-15/h8-13H,1-6H2,(H,20,23)(H,22,24)(H,25,26). The molecule has 8 nitrogen and oxygen atoms in total. The average molecular weight is 351 g/mol. The fourth-order valence-corrected chi connectivity index (χ4v) is 4.18. The molecule has 134 valence electrons. The first-order valence-electron chi connectivity index (χ1n) is 8.94. The van der Waals surface area contributed by atoms with Gasteiger partial charge in [0.2, 0.25) is 0 Å². The van der Waals surface area contributed by atoms with E-state index in [9.17, 15) is 4.79 Å². The molecule has 2 saturated carbocycles. The highest BCUT2D eigenvalue weighted by molar-refractivity contribution is 5.92. The number of nitrogens with zero attached hydrogens (tertiary/aromatic N) is 4. The summed E-state index contributed by atoms with van der Waals surface area (Å²) < 4.78 is 0. The number of H-pyrrole nitrogens is 1. The molecule has 2 aliphatic carbocycles. The van der Waals surface area contributed by atoms with E-state index in [0.717, 1.165) is 44.3 Å². The molecule has 0 radical (unpaired) electrons. The van der Waals surface area contributed by atoms with Crippen molar-refractivity contribution in [1.82, 2.24) is 25.3 Å².